The third kappa shape index (κ3) is 3.83. The maximum absolute atomic E-state index is 13.9. The largest absolute Gasteiger partial charge is 0.342 e. The molecular formula is C24H24F4N6O3. The number of carbonyl (C=O) groups excluding carboxylic acids is 3. The van der Waals surface area contributed by atoms with Crippen molar-refractivity contribution < 1.29 is 31.9 Å². The van der Waals surface area contributed by atoms with Gasteiger partial charge in [0.25, 0.3) is 23.5 Å². The van der Waals surface area contributed by atoms with Gasteiger partial charge < -0.3 is 15.2 Å². The van der Waals surface area contributed by atoms with Crippen LogP contribution in [0.4, 0.5) is 23.2 Å². The molecule has 0 spiro atoms. The van der Waals surface area contributed by atoms with Crippen LogP contribution in [0, 0.1) is 24.5 Å². The highest BCUT2D eigenvalue weighted by atomic mass is 19.3. The summed E-state index contributed by atoms with van der Waals surface area (Å²) in [5.41, 5.74) is 8.03. The average Bonchev–Trinajstić information content (AvgIpc) is 3.13. The van der Waals surface area contributed by atoms with Crippen molar-refractivity contribution in [1.29, 1.82) is 0 Å². The summed E-state index contributed by atoms with van der Waals surface area (Å²) < 4.78 is 56.4. The first kappa shape index (κ1) is 24.1. The Balaban J connectivity index is 1.29. The predicted octanol–water partition coefficient (Wildman–Crippen LogP) is 1.89. The van der Waals surface area contributed by atoms with E-state index in [1.807, 2.05) is 0 Å². The minimum absolute atomic E-state index is 0.0304. The van der Waals surface area contributed by atoms with E-state index < -0.39 is 59.6 Å². The Hall–Kier alpha value is -3.29. The van der Waals surface area contributed by atoms with E-state index in [-0.39, 0.29) is 41.0 Å². The van der Waals surface area contributed by atoms with Gasteiger partial charge in [-0.25, -0.2) is 28.4 Å². The fourth-order valence-corrected chi connectivity index (χ4v) is 6.06. The third-order valence-electron chi connectivity index (χ3n) is 7.87. The zero-order valence-electron chi connectivity index (χ0n) is 19.7. The molecule has 6 rings (SSSR count). The number of halogens is 4. The minimum Gasteiger partial charge on any atom is -0.342 e. The molecule has 2 amide bonds. The Morgan fingerprint density at radius 1 is 1.14 bits per heavy atom. The Labute approximate surface area is 208 Å². The number of nitrogens with zero attached hydrogens (tertiary/aromatic N) is 1. The van der Waals surface area contributed by atoms with Crippen molar-refractivity contribution >= 4 is 23.3 Å². The van der Waals surface area contributed by atoms with Crippen molar-refractivity contribution in [2.45, 2.75) is 56.2 Å². The van der Waals surface area contributed by atoms with E-state index in [1.54, 1.807) is 11.5 Å². The smallest absolute Gasteiger partial charge is 0.294 e. The molecule has 2 aliphatic heterocycles. The van der Waals surface area contributed by atoms with Gasteiger partial charge in [0.15, 0.2) is 11.6 Å². The normalized spacial score (nSPS) is 26.1. The van der Waals surface area contributed by atoms with E-state index in [0.29, 0.717) is 12.1 Å². The number of Topliss-reactive ketones (excluding diaryl/α,β-unsaturated/α-hetero) is 1. The van der Waals surface area contributed by atoms with Gasteiger partial charge in [-0.15, -0.1) is 0 Å². The fourth-order valence-electron chi connectivity index (χ4n) is 6.06. The molecule has 4 aliphatic rings. The molecule has 3 fully saturated rings. The number of nitrogens with one attached hydrogen (secondary N) is 5. The Morgan fingerprint density at radius 2 is 1.89 bits per heavy atom. The zero-order valence-corrected chi connectivity index (χ0v) is 19.7. The number of benzene rings is 1. The summed E-state index contributed by atoms with van der Waals surface area (Å²) in [6.07, 6.45) is 0.100. The molecule has 37 heavy (non-hydrogen) atoms. The second-order valence-electron chi connectivity index (χ2n) is 10.4. The maximum atomic E-state index is 13.9. The van der Waals surface area contributed by atoms with Crippen LogP contribution in [0.1, 0.15) is 57.4 Å². The zero-order chi connectivity index (χ0) is 26.3. The first-order valence-electron chi connectivity index (χ1n) is 12.0. The van der Waals surface area contributed by atoms with Crippen LogP contribution in [0.25, 0.3) is 0 Å². The molecule has 1 saturated heterocycles. The quantitative estimate of drug-likeness (QED) is 0.226. The molecule has 1 aromatic heterocycles. The molecule has 2 aromatic rings. The van der Waals surface area contributed by atoms with Gasteiger partial charge in [-0.3, -0.25) is 14.4 Å². The number of rotatable bonds is 6. The number of aromatic nitrogens is 1. The number of anilines is 1. The number of carbonyl (C=O) groups is 3. The van der Waals surface area contributed by atoms with Gasteiger partial charge in [0.05, 0.1) is 22.8 Å². The molecule has 0 radical (unpaired) electrons. The van der Waals surface area contributed by atoms with Crippen LogP contribution in [-0.4, -0.2) is 46.2 Å². The van der Waals surface area contributed by atoms with Gasteiger partial charge in [-0.1, -0.05) is 0 Å². The summed E-state index contributed by atoms with van der Waals surface area (Å²) in [5.74, 6) is -7.45. The highest BCUT2D eigenvalue weighted by Crippen LogP contribution is 2.54. The number of alkyl halides is 2. The summed E-state index contributed by atoms with van der Waals surface area (Å²) in [6, 6.07) is 2.36. The highest BCUT2D eigenvalue weighted by molar-refractivity contribution is 6.43. The molecule has 2 aliphatic carbocycles. The van der Waals surface area contributed by atoms with Crippen molar-refractivity contribution in [3.05, 3.63) is 52.3 Å². The van der Waals surface area contributed by atoms with Gasteiger partial charge in [-0.2, -0.15) is 5.53 Å². The first-order chi connectivity index (χ1) is 17.5. The van der Waals surface area contributed by atoms with Crippen LogP contribution < -0.4 is 27.0 Å². The molecule has 13 heteroatoms. The molecule has 2 saturated carbocycles. The summed E-state index contributed by atoms with van der Waals surface area (Å²) in [4.78, 5) is 39.8. The molecule has 5 N–H and O–H groups in total. The van der Waals surface area contributed by atoms with Crippen molar-refractivity contribution in [2.75, 3.05) is 11.9 Å². The van der Waals surface area contributed by atoms with E-state index in [9.17, 15) is 31.9 Å². The van der Waals surface area contributed by atoms with E-state index in [2.05, 4.69) is 27.0 Å². The SMILES string of the molecule is Cc1c(C(=O)Nc2ccc(F)c(F)c2)c2n(c1C(=O)C(=O)NC1(C3CNNN3)CC(F)(F)C1)[C@H]1C[C@H]1C2. The van der Waals surface area contributed by atoms with Gasteiger partial charge in [0.2, 0.25) is 0 Å². The number of hydrogen-bond acceptors (Lipinski definition) is 6. The van der Waals surface area contributed by atoms with Crippen LogP contribution in [0.5, 0.6) is 0 Å². The van der Waals surface area contributed by atoms with E-state index in [1.165, 1.54) is 6.07 Å². The number of ketones is 1. The minimum atomic E-state index is -2.96. The first-order valence-corrected chi connectivity index (χ1v) is 12.0. The van der Waals surface area contributed by atoms with Crippen molar-refractivity contribution in [3.8, 4) is 0 Å². The molecule has 1 unspecified atom stereocenters. The van der Waals surface area contributed by atoms with Crippen molar-refractivity contribution in [3.63, 3.8) is 0 Å². The van der Waals surface area contributed by atoms with Gasteiger partial charge in [0, 0.05) is 42.9 Å². The topological polar surface area (TPSA) is 116 Å². The number of fused-ring (bicyclic) bond motifs is 3. The molecule has 3 heterocycles. The van der Waals surface area contributed by atoms with Gasteiger partial charge >= 0.3 is 0 Å². The highest BCUT2D eigenvalue weighted by Gasteiger charge is 2.62. The fraction of sp³-hybridized carbons (Fsp3) is 0.458. The Morgan fingerprint density at radius 3 is 2.54 bits per heavy atom. The number of hydrazine groups is 2. The van der Waals surface area contributed by atoms with Crippen molar-refractivity contribution in [2.24, 2.45) is 5.92 Å². The van der Waals surface area contributed by atoms with Crippen LogP contribution in [0.3, 0.4) is 0 Å². The Bertz CT molecular complexity index is 1340. The average molecular weight is 520 g/mol. The predicted molar refractivity (Wildman–Crippen MR) is 122 cm³/mol. The van der Waals surface area contributed by atoms with Gasteiger partial charge in [-0.05, 0) is 43.4 Å². The van der Waals surface area contributed by atoms with E-state index >= 15 is 0 Å². The molecule has 1 aromatic carbocycles. The lowest BCUT2D eigenvalue weighted by molar-refractivity contribution is -0.151. The summed E-state index contributed by atoms with van der Waals surface area (Å²) in [7, 11) is 0. The summed E-state index contributed by atoms with van der Waals surface area (Å²) in [6.45, 7) is 1.81. The number of hydrogen-bond donors (Lipinski definition) is 5. The molecule has 3 atom stereocenters. The summed E-state index contributed by atoms with van der Waals surface area (Å²) in [5, 5.41) is 5.09. The van der Waals surface area contributed by atoms with Crippen LogP contribution in [0.2, 0.25) is 0 Å². The molecule has 0 bridgehead atoms. The Kier molecular flexibility index (Phi) is 5.27. The second kappa shape index (κ2) is 8.10. The lowest BCUT2D eigenvalue weighted by Crippen LogP contribution is -2.72. The lowest BCUT2D eigenvalue weighted by atomic mass is 9.68. The standard InChI is InChI=1S/C24H24F4N6O3/c1-10-18(21(36)30-12-2-3-13(25)14(26)6-12)16-5-11-4-15(11)34(16)19(10)20(35)22(37)31-23(8-24(27,28)9-23)17-7-29-33-32-17/h2-3,6,11,15,17,29,32-33H,4-5,7-9H2,1H3,(H,30,36)(H,31,37)/t11-,15-,17?/m0/s1. The third-order valence-corrected chi connectivity index (χ3v) is 7.87. The molecule has 9 nitrogen and oxygen atoms in total. The summed E-state index contributed by atoms with van der Waals surface area (Å²) >= 11 is 0. The number of amides is 2. The molecule has 196 valence electrons. The van der Waals surface area contributed by atoms with Gasteiger partial charge in [0.1, 0.15) is 0 Å². The van der Waals surface area contributed by atoms with Crippen LogP contribution in [0.15, 0.2) is 18.2 Å². The van der Waals surface area contributed by atoms with E-state index in [0.717, 1.165) is 18.6 Å². The van der Waals surface area contributed by atoms with Crippen molar-refractivity contribution in [1.82, 2.24) is 26.3 Å². The maximum Gasteiger partial charge on any atom is 0.294 e. The lowest BCUT2D eigenvalue weighted by Gasteiger charge is -2.50. The monoisotopic (exact) mass is 520 g/mol. The molecular weight excluding hydrogens is 496 g/mol. The van der Waals surface area contributed by atoms with E-state index in [4.69, 9.17) is 0 Å². The second-order valence-corrected chi connectivity index (χ2v) is 10.4. The van der Waals surface area contributed by atoms with Crippen LogP contribution in [-0.2, 0) is 11.2 Å². The van der Waals surface area contributed by atoms with Crippen LogP contribution >= 0.6 is 0 Å².